The van der Waals surface area contributed by atoms with Gasteiger partial charge in [-0.15, -0.1) is 0 Å². The Balaban J connectivity index is 1.54. The maximum absolute atomic E-state index is 12.4. The molecule has 0 aliphatic rings. The van der Waals surface area contributed by atoms with E-state index in [-0.39, 0.29) is 4.90 Å². The first-order chi connectivity index (χ1) is 17.4. The predicted molar refractivity (Wildman–Crippen MR) is 160 cm³/mol. The van der Waals surface area contributed by atoms with Gasteiger partial charge in [0.05, 0.1) is 13.0 Å². The van der Waals surface area contributed by atoms with Crippen LogP contribution in [0.15, 0.2) is 59.5 Å². The van der Waals surface area contributed by atoms with Crippen LogP contribution >= 0.6 is 0 Å². The van der Waals surface area contributed by atoms with Crippen LogP contribution in [0.4, 0.5) is 5.69 Å². The lowest BCUT2D eigenvalue weighted by Gasteiger charge is -2.37. The Hall–Kier alpha value is -2.12. The van der Waals surface area contributed by atoms with Crippen LogP contribution < -0.4 is 10.0 Å². The molecular formula is C30H48N2O3SSi. The maximum Gasteiger partial charge on any atom is 0.264 e. The summed E-state index contributed by atoms with van der Waals surface area (Å²) in [5.41, 5.74) is 1.24. The lowest BCUT2D eigenvalue weighted by molar-refractivity contribution is 0.0981. The van der Waals surface area contributed by atoms with Crippen molar-refractivity contribution in [2.24, 2.45) is 0 Å². The molecule has 0 saturated heterocycles. The number of hydrogen-bond donors (Lipinski definition) is 2. The van der Waals surface area contributed by atoms with Crippen molar-refractivity contribution in [1.82, 2.24) is 4.72 Å². The van der Waals surface area contributed by atoms with Crippen LogP contribution in [-0.2, 0) is 10.0 Å². The second-order valence-electron chi connectivity index (χ2n) is 11.8. The van der Waals surface area contributed by atoms with Gasteiger partial charge in [0.25, 0.3) is 15.9 Å². The van der Waals surface area contributed by atoms with Gasteiger partial charge in [-0.3, -0.25) is 4.79 Å². The van der Waals surface area contributed by atoms with Crippen LogP contribution in [0.1, 0.15) is 88.9 Å². The highest BCUT2D eigenvalue weighted by Gasteiger charge is 2.33. The number of nitrogens with one attached hydrogen (secondary N) is 2. The second kappa shape index (κ2) is 14.7. The Labute approximate surface area is 226 Å². The number of carbonyl (C=O) groups is 1. The number of unbranched alkanes of at least 4 members (excludes halogenated alkanes) is 8. The molecule has 0 saturated carbocycles. The molecule has 0 spiro atoms. The highest BCUT2D eigenvalue weighted by molar-refractivity contribution is 7.90. The summed E-state index contributed by atoms with van der Waals surface area (Å²) in [4.78, 5) is 12.4. The zero-order valence-corrected chi connectivity index (χ0v) is 25.4. The van der Waals surface area contributed by atoms with E-state index < -0.39 is 24.0 Å². The topological polar surface area (TPSA) is 75.3 Å². The zero-order chi connectivity index (χ0) is 27.4. The van der Waals surface area contributed by atoms with Crippen molar-refractivity contribution in [2.75, 3.05) is 11.9 Å². The van der Waals surface area contributed by atoms with Gasteiger partial charge in [-0.05, 0) is 47.9 Å². The molecule has 37 heavy (non-hydrogen) atoms. The van der Waals surface area contributed by atoms with Crippen molar-refractivity contribution in [1.29, 1.82) is 0 Å². The number of rotatable bonds is 16. The highest BCUT2D eigenvalue weighted by atomic mass is 32.2. The molecule has 2 N–H and O–H groups in total. The molecule has 0 aliphatic carbocycles. The minimum absolute atomic E-state index is 0.0683. The zero-order valence-electron chi connectivity index (χ0n) is 23.6. The minimum atomic E-state index is -3.88. The summed E-state index contributed by atoms with van der Waals surface area (Å²) in [5, 5.41) is 3.90. The summed E-state index contributed by atoms with van der Waals surface area (Å²) in [6.07, 6.45) is 11.8. The molecular weight excluding hydrogens is 496 g/mol. The van der Waals surface area contributed by atoms with E-state index in [9.17, 15) is 13.2 Å². The molecule has 0 unspecified atom stereocenters. The molecule has 0 aromatic heterocycles. The van der Waals surface area contributed by atoms with Gasteiger partial charge < -0.3 is 5.32 Å². The molecule has 5 nitrogen and oxygen atoms in total. The molecule has 0 aliphatic heterocycles. The molecule has 1 amide bonds. The number of hydrogen-bond acceptors (Lipinski definition) is 4. The van der Waals surface area contributed by atoms with Gasteiger partial charge in [-0.2, -0.15) is 0 Å². The second-order valence-corrected chi connectivity index (χ2v) is 19.3. The minimum Gasteiger partial charge on any atom is -0.385 e. The summed E-state index contributed by atoms with van der Waals surface area (Å²) >= 11 is 0. The van der Waals surface area contributed by atoms with Crippen LogP contribution in [0.25, 0.3) is 0 Å². The lowest BCUT2D eigenvalue weighted by atomic mass is 10.1. The van der Waals surface area contributed by atoms with E-state index >= 15 is 0 Å². The molecule has 2 aromatic carbocycles. The van der Waals surface area contributed by atoms with Crippen molar-refractivity contribution in [2.45, 2.75) is 108 Å². The summed E-state index contributed by atoms with van der Waals surface area (Å²) in [7, 11) is -4.97. The molecule has 2 aromatic rings. The first-order valence-corrected chi connectivity index (χ1v) is 18.6. The summed E-state index contributed by atoms with van der Waals surface area (Å²) < 4.78 is 26.8. The number of anilines is 1. The maximum atomic E-state index is 12.4. The molecule has 0 atom stereocenters. The fourth-order valence-corrected chi connectivity index (χ4v) is 7.00. The highest BCUT2D eigenvalue weighted by Crippen LogP contribution is 2.39. The molecule has 0 fully saturated rings. The standard InChI is InChI=1S/C30H48N2O3SSi/c1-30(2,3)37(4,5)25-17-12-10-8-6-7-9-11-16-24-31-27-22-20-26(21-23-27)29(33)32-36(34,35)28-18-14-13-15-19-28/h13-15,18-23,31H,6-12,16-17,24-25H2,1-5H3,(H,32,33). The first-order valence-electron chi connectivity index (χ1n) is 13.9. The van der Waals surface area contributed by atoms with E-state index in [0.717, 1.165) is 18.7 Å². The average molecular weight is 545 g/mol. The van der Waals surface area contributed by atoms with Gasteiger partial charge in [-0.25, -0.2) is 13.1 Å². The van der Waals surface area contributed by atoms with Crippen molar-refractivity contribution in [3.05, 3.63) is 60.2 Å². The van der Waals surface area contributed by atoms with Gasteiger partial charge in [0.15, 0.2) is 0 Å². The van der Waals surface area contributed by atoms with E-state index in [1.807, 2.05) is 12.1 Å². The third-order valence-corrected chi connectivity index (χ3v) is 14.8. The van der Waals surface area contributed by atoms with Gasteiger partial charge in [-0.1, -0.05) is 109 Å². The van der Waals surface area contributed by atoms with E-state index in [2.05, 4.69) is 43.9 Å². The monoisotopic (exact) mass is 544 g/mol. The van der Waals surface area contributed by atoms with Crippen LogP contribution in [0.5, 0.6) is 0 Å². The van der Waals surface area contributed by atoms with Crippen molar-refractivity contribution < 1.29 is 13.2 Å². The SMILES string of the molecule is CC(C)(C)[Si](C)(C)CCCCCCCCCCCNc1ccc(C(=O)NS(=O)(=O)c2ccccc2)cc1. The molecule has 0 radical (unpaired) electrons. The lowest BCUT2D eigenvalue weighted by Crippen LogP contribution is -2.36. The van der Waals surface area contributed by atoms with Gasteiger partial charge >= 0.3 is 0 Å². The number of amides is 1. The Morgan fingerprint density at radius 2 is 1.27 bits per heavy atom. The molecule has 7 heteroatoms. The van der Waals surface area contributed by atoms with E-state index in [4.69, 9.17) is 0 Å². The fourth-order valence-electron chi connectivity index (χ4n) is 4.12. The summed E-state index contributed by atoms with van der Waals surface area (Å²) in [5.74, 6) is -0.633. The quantitative estimate of drug-likeness (QED) is 0.165. The van der Waals surface area contributed by atoms with E-state index in [1.54, 1.807) is 30.3 Å². The fraction of sp³-hybridized carbons (Fsp3) is 0.567. The Morgan fingerprint density at radius 3 is 1.81 bits per heavy atom. The van der Waals surface area contributed by atoms with Gasteiger partial charge in [0.2, 0.25) is 0 Å². The molecule has 0 heterocycles. The van der Waals surface area contributed by atoms with Crippen LogP contribution in [0.3, 0.4) is 0 Å². The number of carbonyl (C=O) groups excluding carboxylic acids is 1. The van der Waals surface area contributed by atoms with Gasteiger partial charge in [0, 0.05) is 17.8 Å². The van der Waals surface area contributed by atoms with Crippen molar-refractivity contribution in [3.63, 3.8) is 0 Å². The Kier molecular flexibility index (Phi) is 12.4. The number of sulfonamides is 1. The van der Waals surface area contributed by atoms with Crippen LogP contribution in [0.2, 0.25) is 24.2 Å². The number of benzene rings is 2. The van der Waals surface area contributed by atoms with E-state index in [0.29, 0.717) is 10.6 Å². The summed E-state index contributed by atoms with van der Waals surface area (Å²) in [6, 6.07) is 16.3. The predicted octanol–water partition coefficient (Wildman–Crippen LogP) is 8.24. The first kappa shape index (κ1) is 31.1. The average Bonchev–Trinajstić information content (AvgIpc) is 2.84. The van der Waals surface area contributed by atoms with Crippen molar-refractivity contribution >= 4 is 29.7 Å². The molecule has 206 valence electrons. The Morgan fingerprint density at radius 1 is 0.757 bits per heavy atom. The molecule has 0 bridgehead atoms. The van der Waals surface area contributed by atoms with Crippen molar-refractivity contribution in [3.8, 4) is 0 Å². The smallest absolute Gasteiger partial charge is 0.264 e. The third-order valence-electron chi connectivity index (χ3n) is 7.77. The van der Waals surface area contributed by atoms with Crippen LogP contribution in [0, 0.1) is 0 Å². The van der Waals surface area contributed by atoms with Crippen LogP contribution in [-0.4, -0.2) is 28.9 Å². The molecule has 2 rings (SSSR count). The third kappa shape index (κ3) is 11.0. The van der Waals surface area contributed by atoms with E-state index in [1.165, 1.54) is 69.5 Å². The van der Waals surface area contributed by atoms with Gasteiger partial charge in [0.1, 0.15) is 0 Å². The largest absolute Gasteiger partial charge is 0.385 e. The summed E-state index contributed by atoms with van der Waals surface area (Å²) in [6.45, 7) is 13.2. The Bertz CT molecular complexity index is 1050. The normalized spacial score (nSPS) is 12.4.